The molecule has 1 saturated heterocycles. The minimum Gasteiger partial charge on any atom is -0.494 e. The van der Waals surface area contributed by atoms with Crippen LogP contribution in [0, 0.1) is 5.92 Å². The average molecular weight is 368 g/mol. The number of sulfonamides is 1. The highest BCUT2D eigenvalue weighted by molar-refractivity contribution is 7.90. The van der Waals surface area contributed by atoms with Crippen molar-refractivity contribution < 1.29 is 23.2 Å². The van der Waals surface area contributed by atoms with Gasteiger partial charge in [-0.05, 0) is 55.9 Å². The number of benzene rings is 1. The van der Waals surface area contributed by atoms with Gasteiger partial charge in [0, 0.05) is 6.04 Å². The number of nitrogens with zero attached hydrogens (tertiary/aromatic N) is 1. The van der Waals surface area contributed by atoms with Crippen LogP contribution in [0.15, 0.2) is 29.2 Å². The summed E-state index contributed by atoms with van der Waals surface area (Å²) in [7, 11) is -3.97. The number of rotatable bonds is 7. The molecule has 3 atom stereocenters. The van der Waals surface area contributed by atoms with Gasteiger partial charge in [-0.3, -0.25) is 4.79 Å². The first-order chi connectivity index (χ1) is 11.9. The molecule has 2 N–H and O–H groups in total. The Bertz CT molecular complexity index is 717. The number of hydroxylamine groups is 2. The fourth-order valence-electron chi connectivity index (χ4n) is 3.60. The second-order valence-electron chi connectivity index (χ2n) is 6.69. The predicted octanol–water partition coefficient (Wildman–Crippen LogP) is 1.91. The fourth-order valence-corrected chi connectivity index (χ4v) is 4.59. The van der Waals surface area contributed by atoms with Crippen LogP contribution >= 0.6 is 0 Å². The number of carbonyl (C=O) groups excluding carboxylic acids is 1. The average Bonchev–Trinajstić information content (AvgIpc) is 3.16. The summed E-state index contributed by atoms with van der Waals surface area (Å²) in [5.74, 6) is -0.0640. The number of piperidine rings is 1. The number of fused-ring (bicyclic) bond motifs is 2. The Morgan fingerprint density at radius 1 is 1.32 bits per heavy atom. The Kier molecular flexibility index (Phi) is 5.31. The highest BCUT2D eigenvalue weighted by Crippen LogP contribution is 2.41. The van der Waals surface area contributed by atoms with Crippen LogP contribution in [0.2, 0.25) is 0 Å². The molecule has 2 aliphatic rings. The second-order valence-corrected chi connectivity index (χ2v) is 8.38. The van der Waals surface area contributed by atoms with Crippen LogP contribution in [0.5, 0.6) is 5.75 Å². The molecule has 1 amide bonds. The Morgan fingerprint density at radius 3 is 2.64 bits per heavy atom. The number of ether oxygens (including phenoxy) is 1. The van der Waals surface area contributed by atoms with Gasteiger partial charge in [0.1, 0.15) is 11.8 Å². The quantitative estimate of drug-likeness (QED) is 0.714. The van der Waals surface area contributed by atoms with E-state index in [4.69, 9.17) is 4.74 Å². The van der Waals surface area contributed by atoms with E-state index in [0.717, 1.165) is 37.2 Å². The van der Waals surface area contributed by atoms with E-state index in [2.05, 4.69) is 11.6 Å². The molecule has 7 nitrogen and oxygen atoms in total. The number of unbranched alkanes of at least 4 members (excludes halogenated alkanes) is 1. The molecule has 1 aromatic carbocycles. The Balaban J connectivity index is 1.64. The highest BCUT2D eigenvalue weighted by atomic mass is 32.2. The van der Waals surface area contributed by atoms with E-state index < -0.39 is 22.0 Å². The molecule has 8 heteroatoms. The van der Waals surface area contributed by atoms with Gasteiger partial charge in [-0.15, -0.1) is 0 Å². The van der Waals surface area contributed by atoms with Crippen molar-refractivity contribution in [3.8, 4) is 5.75 Å². The van der Waals surface area contributed by atoms with Gasteiger partial charge in [0.25, 0.3) is 15.9 Å². The zero-order valence-corrected chi connectivity index (χ0v) is 15.0. The number of nitrogens with one attached hydrogen (secondary N) is 1. The summed E-state index contributed by atoms with van der Waals surface area (Å²) >= 11 is 0. The summed E-state index contributed by atoms with van der Waals surface area (Å²) in [5.41, 5.74) is 0. The molecule has 0 spiro atoms. The Morgan fingerprint density at radius 2 is 2.04 bits per heavy atom. The van der Waals surface area contributed by atoms with Crippen molar-refractivity contribution in [1.29, 1.82) is 0 Å². The smallest absolute Gasteiger partial charge is 0.264 e. The molecule has 25 heavy (non-hydrogen) atoms. The molecule has 0 aromatic heterocycles. The first-order valence-corrected chi connectivity index (χ1v) is 10.2. The van der Waals surface area contributed by atoms with Gasteiger partial charge in [0.15, 0.2) is 0 Å². The third-order valence-corrected chi connectivity index (χ3v) is 6.32. The van der Waals surface area contributed by atoms with E-state index in [1.165, 1.54) is 12.1 Å². The predicted molar refractivity (Wildman–Crippen MR) is 90.7 cm³/mol. The maximum Gasteiger partial charge on any atom is 0.264 e. The van der Waals surface area contributed by atoms with E-state index >= 15 is 0 Å². The number of hydrogen-bond acceptors (Lipinski definition) is 6. The topological polar surface area (TPSA) is 95.9 Å². The van der Waals surface area contributed by atoms with Crippen molar-refractivity contribution in [2.24, 2.45) is 5.92 Å². The Hall–Kier alpha value is -1.64. The van der Waals surface area contributed by atoms with Crippen LogP contribution in [0.25, 0.3) is 0 Å². The van der Waals surface area contributed by atoms with Crippen LogP contribution in [0.3, 0.4) is 0 Å². The van der Waals surface area contributed by atoms with Crippen LogP contribution in [0.4, 0.5) is 0 Å². The maximum atomic E-state index is 12.4. The molecule has 0 radical (unpaired) electrons. The zero-order chi connectivity index (χ0) is 18.0. The molecular formula is C17H24N2O5S. The van der Waals surface area contributed by atoms with Crippen molar-refractivity contribution in [3.63, 3.8) is 0 Å². The molecule has 1 heterocycles. The molecule has 138 valence electrons. The molecule has 2 bridgehead atoms. The summed E-state index contributed by atoms with van der Waals surface area (Å²) in [6.45, 7) is 2.64. The van der Waals surface area contributed by atoms with Crippen LogP contribution in [0.1, 0.15) is 39.0 Å². The second kappa shape index (κ2) is 7.31. The third kappa shape index (κ3) is 3.80. The van der Waals surface area contributed by atoms with Crippen molar-refractivity contribution >= 4 is 15.9 Å². The maximum absolute atomic E-state index is 12.4. The Labute approximate surface area is 148 Å². The zero-order valence-electron chi connectivity index (χ0n) is 14.2. The van der Waals surface area contributed by atoms with E-state index in [0.29, 0.717) is 12.4 Å². The SMILES string of the molecule is CCCCOc1ccc(S(=O)(=O)NC(=O)C2C3CCC(C3)N2O)cc1. The van der Waals surface area contributed by atoms with E-state index in [1.54, 1.807) is 12.1 Å². The van der Waals surface area contributed by atoms with Crippen molar-refractivity contribution in [2.45, 2.75) is 56.0 Å². The first-order valence-electron chi connectivity index (χ1n) is 8.69. The molecule has 1 aromatic rings. The number of hydrogen-bond donors (Lipinski definition) is 2. The monoisotopic (exact) mass is 368 g/mol. The number of carbonyl (C=O) groups is 1. The summed E-state index contributed by atoms with van der Waals surface area (Å²) in [6.07, 6.45) is 4.36. The van der Waals surface area contributed by atoms with E-state index in [9.17, 15) is 18.4 Å². The standard InChI is InChI=1S/C17H24N2O5S/c1-2-3-10-24-14-6-8-15(9-7-14)25(22,23)18-17(20)16-12-4-5-13(11-12)19(16)21/h6-9,12-13,16,21H,2-5,10-11H2,1H3,(H,18,20). The van der Waals surface area contributed by atoms with Gasteiger partial charge >= 0.3 is 0 Å². The van der Waals surface area contributed by atoms with Gasteiger partial charge in [-0.25, -0.2) is 13.1 Å². The lowest BCUT2D eigenvalue weighted by atomic mass is 9.99. The van der Waals surface area contributed by atoms with Crippen molar-refractivity contribution in [2.75, 3.05) is 6.61 Å². The van der Waals surface area contributed by atoms with E-state index in [-0.39, 0.29) is 16.9 Å². The minimum atomic E-state index is -3.97. The fraction of sp³-hybridized carbons (Fsp3) is 0.588. The summed E-state index contributed by atoms with van der Waals surface area (Å²) in [6, 6.07) is 5.14. The lowest BCUT2D eigenvalue weighted by molar-refractivity contribution is -0.165. The molecule has 1 aliphatic carbocycles. The highest BCUT2D eigenvalue weighted by Gasteiger charge is 2.49. The summed E-state index contributed by atoms with van der Waals surface area (Å²) < 4.78 is 32.4. The molecule has 3 rings (SSSR count). The molecule has 2 fully saturated rings. The molecular weight excluding hydrogens is 344 g/mol. The van der Waals surface area contributed by atoms with Gasteiger partial charge in [-0.1, -0.05) is 13.3 Å². The van der Waals surface area contributed by atoms with Gasteiger partial charge in [0.2, 0.25) is 0 Å². The minimum absolute atomic E-state index is 0.00339. The lowest BCUT2D eigenvalue weighted by Crippen LogP contribution is -2.50. The largest absolute Gasteiger partial charge is 0.494 e. The summed E-state index contributed by atoms with van der Waals surface area (Å²) in [5, 5.41) is 11.0. The number of amides is 1. The molecule has 3 unspecified atom stereocenters. The van der Waals surface area contributed by atoms with Crippen LogP contribution in [-0.4, -0.2) is 43.3 Å². The molecule has 1 saturated carbocycles. The first kappa shape index (κ1) is 18.2. The van der Waals surface area contributed by atoms with Gasteiger partial charge in [-0.2, -0.15) is 5.06 Å². The van der Waals surface area contributed by atoms with Gasteiger partial charge < -0.3 is 9.94 Å². The van der Waals surface area contributed by atoms with Crippen molar-refractivity contribution in [3.05, 3.63) is 24.3 Å². The normalized spacial score (nSPS) is 25.9. The summed E-state index contributed by atoms with van der Waals surface area (Å²) in [4.78, 5) is 12.4. The lowest BCUT2D eigenvalue weighted by Gasteiger charge is -2.28. The van der Waals surface area contributed by atoms with Crippen LogP contribution in [-0.2, 0) is 14.8 Å². The third-order valence-electron chi connectivity index (χ3n) is 4.96. The van der Waals surface area contributed by atoms with Gasteiger partial charge in [0.05, 0.1) is 11.5 Å². The molecule has 1 aliphatic heterocycles. The van der Waals surface area contributed by atoms with Crippen molar-refractivity contribution in [1.82, 2.24) is 9.79 Å². The van der Waals surface area contributed by atoms with Crippen LogP contribution < -0.4 is 9.46 Å². The van der Waals surface area contributed by atoms with E-state index in [1.807, 2.05) is 0 Å².